The fourth-order valence-electron chi connectivity index (χ4n) is 3.43. The molecule has 1 N–H and O–H groups in total. The molecule has 1 amide bonds. The van der Waals surface area contributed by atoms with E-state index in [1.807, 2.05) is 4.90 Å². The van der Waals surface area contributed by atoms with Crippen molar-refractivity contribution in [1.82, 2.24) is 10.2 Å². The summed E-state index contributed by atoms with van der Waals surface area (Å²) in [4.78, 5) is 14.2. The van der Waals surface area contributed by atoms with Crippen LogP contribution in [0, 0.1) is 23.5 Å². The number of carbonyl (C=O) groups excluding carboxylic acids is 1. The van der Waals surface area contributed by atoms with Crippen molar-refractivity contribution in [2.24, 2.45) is 11.8 Å². The molecule has 1 saturated heterocycles. The molecule has 126 valence electrons. The monoisotopic (exact) mass is 322 g/mol. The average Bonchev–Trinajstić information content (AvgIpc) is 3.40. The van der Waals surface area contributed by atoms with Crippen molar-refractivity contribution in [3.8, 4) is 0 Å². The van der Waals surface area contributed by atoms with E-state index in [4.69, 9.17) is 0 Å². The van der Waals surface area contributed by atoms with Crippen molar-refractivity contribution in [3.05, 3.63) is 35.4 Å². The van der Waals surface area contributed by atoms with Gasteiger partial charge in [0.25, 0.3) is 0 Å². The van der Waals surface area contributed by atoms with Crippen molar-refractivity contribution in [1.29, 1.82) is 0 Å². The lowest BCUT2D eigenvalue weighted by Gasteiger charge is -2.39. The number of benzene rings is 1. The van der Waals surface area contributed by atoms with Crippen LogP contribution in [0.15, 0.2) is 18.2 Å². The molecule has 2 aliphatic rings. The minimum atomic E-state index is -0.804. The van der Waals surface area contributed by atoms with Crippen LogP contribution in [-0.4, -0.2) is 29.9 Å². The number of halogens is 2. The van der Waals surface area contributed by atoms with Gasteiger partial charge in [0.05, 0.1) is 0 Å². The van der Waals surface area contributed by atoms with Gasteiger partial charge in [0.15, 0.2) is 11.6 Å². The largest absolute Gasteiger partial charge is 0.342 e. The quantitative estimate of drug-likeness (QED) is 0.903. The molecule has 0 radical (unpaired) electrons. The zero-order valence-electron chi connectivity index (χ0n) is 13.5. The lowest BCUT2D eigenvalue weighted by Crippen LogP contribution is -2.51. The predicted molar refractivity (Wildman–Crippen MR) is 84.7 cm³/mol. The number of amides is 1. The SMILES string of the molecule is CC[C@@H]1CN(C(=O)C2CC2)CC[C@H]1NCc1cccc(F)c1F. The van der Waals surface area contributed by atoms with Gasteiger partial charge in [0.2, 0.25) is 5.91 Å². The highest BCUT2D eigenvalue weighted by atomic mass is 19.2. The summed E-state index contributed by atoms with van der Waals surface area (Å²) in [5.74, 6) is -0.643. The molecular formula is C18H24F2N2O. The van der Waals surface area contributed by atoms with Crippen molar-refractivity contribution in [2.75, 3.05) is 13.1 Å². The number of nitrogens with zero attached hydrogens (tertiary/aromatic N) is 1. The number of rotatable bonds is 5. The Bertz CT molecular complexity index is 574. The van der Waals surface area contributed by atoms with E-state index < -0.39 is 11.6 Å². The van der Waals surface area contributed by atoms with Crippen molar-refractivity contribution >= 4 is 5.91 Å². The van der Waals surface area contributed by atoms with Gasteiger partial charge in [-0.3, -0.25) is 4.79 Å². The standard InChI is InChI=1S/C18H24F2N2O/c1-2-12-11-22(18(23)13-6-7-13)9-8-16(12)21-10-14-4-3-5-15(19)17(14)20/h3-5,12-13,16,21H,2,6-11H2,1H3/t12-,16-/m1/s1. The number of nitrogens with one attached hydrogen (secondary N) is 1. The van der Waals surface area contributed by atoms with Crippen LogP contribution in [0.2, 0.25) is 0 Å². The maximum Gasteiger partial charge on any atom is 0.225 e. The van der Waals surface area contributed by atoms with Crippen molar-refractivity contribution in [3.63, 3.8) is 0 Å². The fourth-order valence-corrected chi connectivity index (χ4v) is 3.43. The Balaban J connectivity index is 1.57. The highest BCUT2D eigenvalue weighted by Gasteiger charge is 2.37. The molecule has 2 fully saturated rings. The molecule has 0 spiro atoms. The molecule has 1 aromatic carbocycles. The van der Waals surface area contributed by atoms with E-state index in [9.17, 15) is 13.6 Å². The molecule has 0 bridgehead atoms. The van der Waals surface area contributed by atoms with E-state index >= 15 is 0 Å². The topological polar surface area (TPSA) is 32.3 Å². The third-order valence-corrected chi connectivity index (χ3v) is 5.08. The van der Waals surface area contributed by atoms with Crippen LogP contribution in [0.5, 0.6) is 0 Å². The first kappa shape index (κ1) is 16.4. The third-order valence-electron chi connectivity index (χ3n) is 5.08. The predicted octanol–water partition coefficient (Wildman–Crippen LogP) is 3.09. The summed E-state index contributed by atoms with van der Waals surface area (Å²) in [6.45, 7) is 3.97. The molecule has 1 aliphatic carbocycles. The first-order valence-corrected chi connectivity index (χ1v) is 8.55. The van der Waals surface area contributed by atoms with Gasteiger partial charge in [-0.15, -0.1) is 0 Å². The second kappa shape index (κ2) is 6.95. The summed E-state index contributed by atoms with van der Waals surface area (Å²) < 4.78 is 27.0. The van der Waals surface area contributed by atoms with Gasteiger partial charge in [0, 0.05) is 37.2 Å². The lowest BCUT2D eigenvalue weighted by atomic mass is 9.89. The Hall–Kier alpha value is -1.49. The highest BCUT2D eigenvalue weighted by Crippen LogP contribution is 2.33. The van der Waals surface area contributed by atoms with Crippen LogP contribution < -0.4 is 5.32 Å². The second-order valence-corrected chi connectivity index (χ2v) is 6.72. The number of hydrogen-bond donors (Lipinski definition) is 1. The number of piperidine rings is 1. The molecule has 23 heavy (non-hydrogen) atoms. The molecule has 2 atom stereocenters. The minimum Gasteiger partial charge on any atom is -0.342 e. The highest BCUT2D eigenvalue weighted by molar-refractivity contribution is 5.81. The maximum atomic E-state index is 13.7. The second-order valence-electron chi connectivity index (χ2n) is 6.72. The smallest absolute Gasteiger partial charge is 0.225 e. The van der Waals surface area contributed by atoms with Crippen molar-refractivity contribution in [2.45, 2.75) is 45.2 Å². The van der Waals surface area contributed by atoms with Crippen molar-refractivity contribution < 1.29 is 13.6 Å². The van der Waals surface area contributed by atoms with E-state index in [-0.39, 0.29) is 12.0 Å². The zero-order valence-corrected chi connectivity index (χ0v) is 13.5. The molecule has 1 saturated carbocycles. The van der Waals surface area contributed by atoms with Gasteiger partial charge in [-0.1, -0.05) is 25.5 Å². The van der Waals surface area contributed by atoms with E-state index in [0.29, 0.717) is 23.9 Å². The summed E-state index contributed by atoms with van der Waals surface area (Å²) in [6, 6.07) is 4.52. The molecule has 0 aromatic heterocycles. The van der Waals surface area contributed by atoms with Gasteiger partial charge in [-0.05, 0) is 31.2 Å². The van der Waals surface area contributed by atoms with Crippen LogP contribution >= 0.6 is 0 Å². The van der Waals surface area contributed by atoms with Gasteiger partial charge < -0.3 is 10.2 Å². The van der Waals surface area contributed by atoms with Gasteiger partial charge in [0.1, 0.15) is 0 Å². The Morgan fingerprint density at radius 1 is 1.30 bits per heavy atom. The summed E-state index contributed by atoms with van der Waals surface area (Å²) in [7, 11) is 0. The van der Waals surface area contributed by atoms with E-state index in [1.165, 1.54) is 6.07 Å². The van der Waals surface area contributed by atoms with Crippen LogP contribution in [0.1, 0.15) is 38.2 Å². The molecular weight excluding hydrogens is 298 g/mol. The van der Waals surface area contributed by atoms with E-state index in [1.54, 1.807) is 6.07 Å². The van der Waals surface area contributed by atoms with Crippen LogP contribution in [0.3, 0.4) is 0 Å². The summed E-state index contributed by atoms with van der Waals surface area (Å²) >= 11 is 0. The van der Waals surface area contributed by atoms with Crippen LogP contribution in [0.25, 0.3) is 0 Å². The zero-order chi connectivity index (χ0) is 16.4. The maximum absolute atomic E-state index is 13.7. The van der Waals surface area contributed by atoms with Crippen LogP contribution in [-0.2, 0) is 11.3 Å². The number of hydrogen-bond acceptors (Lipinski definition) is 2. The third kappa shape index (κ3) is 3.71. The molecule has 1 aliphatic heterocycles. The van der Waals surface area contributed by atoms with Crippen LogP contribution in [0.4, 0.5) is 8.78 Å². The molecule has 1 aromatic rings. The normalized spacial score (nSPS) is 24.7. The lowest BCUT2D eigenvalue weighted by molar-refractivity contribution is -0.134. The first-order chi connectivity index (χ1) is 11.1. The Morgan fingerprint density at radius 3 is 2.78 bits per heavy atom. The molecule has 3 rings (SSSR count). The number of carbonyl (C=O) groups is 1. The number of likely N-dealkylation sites (tertiary alicyclic amines) is 1. The Kier molecular flexibility index (Phi) is 4.95. The summed E-state index contributed by atoms with van der Waals surface area (Å²) in [6.07, 6.45) is 3.91. The molecule has 5 heteroatoms. The van der Waals surface area contributed by atoms with Gasteiger partial charge >= 0.3 is 0 Å². The van der Waals surface area contributed by atoms with Gasteiger partial charge in [-0.2, -0.15) is 0 Å². The average molecular weight is 322 g/mol. The molecule has 0 unspecified atom stereocenters. The van der Waals surface area contributed by atoms with E-state index in [0.717, 1.165) is 44.8 Å². The Morgan fingerprint density at radius 2 is 2.09 bits per heavy atom. The molecule has 1 heterocycles. The summed E-state index contributed by atoms with van der Waals surface area (Å²) in [5.41, 5.74) is 0.358. The Labute approximate surface area is 136 Å². The van der Waals surface area contributed by atoms with Gasteiger partial charge in [-0.25, -0.2) is 8.78 Å². The summed E-state index contributed by atoms with van der Waals surface area (Å²) in [5, 5.41) is 3.37. The minimum absolute atomic E-state index is 0.242. The first-order valence-electron chi connectivity index (χ1n) is 8.55. The fraction of sp³-hybridized carbons (Fsp3) is 0.611. The molecule has 3 nitrogen and oxygen atoms in total. The van der Waals surface area contributed by atoms with E-state index in [2.05, 4.69) is 12.2 Å².